The normalized spacial score (nSPS) is 19.6. The van der Waals surface area contributed by atoms with Crippen molar-refractivity contribution in [1.29, 1.82) is 0 Å². The lowest BCUT2D eigenvalue weighted by atomic mass is 9.96. The highest BCUT2D eigenvalue weighted by Crippen LogP contribution is 2.22. The Hall–Kier alpha value is -2.24. The van der Waals surface area contributed by atoms with Gasteiger partial charge >= 0.3 is 0 Å². The quantitative estimate of drug-likeness (QED) is 0.495. The minimum atomic E-state index is 0.157. The Morgan fingerprint density at radius 3 is 2.92 bits per heavy atom. The molecule has 2 heterocycles. The van der Waals surface area contributed by atoms with E-state index in [1.54, 1.807) is 0 Å². The zero-order valence-corrected chi connectivity index (χ0v) is 15.7. The van der Waals surface area contributed by atoms with Crippen LogP contribution in [-0.4, -0.2) is 36.9 Å². The molecule has 0 saturated carbocycles. The number of aliphatic hydroxyl groups excluding tert-OH is 1. The lowest BCUT2D eigenvalue weighted by Crippen LogP contribution is -2.38. The van der Waals surface area contributed by atoms with Gasteiger partial charge in [0.25, 0.3) is 0 Å². The van der Waals surface area contributed by atoms with Gasteiger partial charge < -0.3 is 26.8 Å². The van der Waals surface area contributed by atoms with Crippen molar-refractivity contribution in [3.05, 3.63) is 46.0 Å². The first-order valence-electron chi connectivity index (χ1n) is 9.43. The number of hydrogen-bond acceptors (Lipinski definition) is 5. The maximum absolute atomic E-state index is 9.37. The Labute approximate surface area is 155 Å². The van der Waals surface area contributed by atoms with E-state index in [1.807, 2.05) is 0 Å². The van der Waals surface area contributed by atoms with Crippen LogP contribution in [0.25, 0.3) is 17.8 Å². The fourth-order valence-electron chi connectivity index (χ4n) is 3.66. The number of nitrogens with one attached hydrogen (secondary N) is 3. The molecular formula is C21H30N4O. The van der Waals surface area contributed by atoms with Crippen LogP contribution in [0, 0.1) is 0 Å². The summed E-state index contributed by atoms with van der Waals surface area (Å²) >= 11 is 0. The number of nitrogens with two attached hydrogens (primary N) is 1. The summed E-state index contributed by atoms with van der Waals surface area (Å²) in [6, 6.07) is 4.96. The monoisotopic (exact) mass is 354 g/mol. The summed E-state index contributed by atoms with van der Waals surface area (Å²) in [5.74, 6) is 0. The smallest absolute Gasteiger partial charge is 0.0450 e. The second-order valence-corrected chi connectivity index (χ2v) is 7.10. The van der Waals surface area contributed by atoms with Gasteiger partial charge in [-0.25, -0.2) is 0 Å². The van der Waals surface area contributed by atoms with Gasteiger partial charge in [0.1, 0.15) is 0 Å². The Balaban J connectivity index is 2.04. The molecule has 26 heavy (non-hydrogen) atoms. The molecule has 1 aromatic carbocycles. The molecule has 5 heteroatoms. The fourth-order valence-corrected chi connectivity index (χ4v) is 3.66. The predicted octanol–water partition coefficient (Wildman–Crippen LogP) is 0.599. The summed E-state index contributed by atoms with van der Waals surface area (Å²) in [4.78, 5) is 0. The molecule has 2 aliphatic rings. The van der Waals surface area contributed by atoms with Crippen LogP contribution < -0.4 is 32.1 Å². The third-order valence-electron chi connectivity index (χ3n) is 4.84. The summed E-state index contributed by atoms with van der Waals surface area (Å²) in [5.41, 5.74) is 10.5. The minimum Gasteiger partial charge on any atom is -0.396 e. The van der Waals surface area contributed by atoms with Gasteiger partial charge in [-0.3, -0.25) is 0 Å². The second kappa shape index (κ2) is 8.43. The number of hydrogen-bond donors (Lipinski definition) is 5. The molecule has 0 amide bonds. The largest absolute Gasteiger partial charge is 0.396 e. The van der Waals surface area contributed by atoms with Crippen molar-refractivity contribution in [3.63, 3.8) is 0 Å². The number of benzene rings is 1. The van der Waals surface area contributed by atoms with Crippen molar-refractivity contribution in [1.82, 2.24) is 10.6 Å². The zero-order valence-electron chi connectivity index (χ0n) is 15.7. The Morgan fingerprint density at radius 1 is 1.35 bits per heavy atom. The first-order chi connectivity index (χ1) is 12.6. The molecule has 5 nitrogen and oxygen atoms in total. The van der Waals surface area contributed by atoms with E-state index >= 15 is 0 Å². The molecule has 0 bridgehead atoms. The lowest BCUT2D eigenvalue weighted by Gasteiger charge is -2.23. The van der Waals surface area contributed by atoms with Gasteiger partial charge in [0.05, 0.1) is 0 Å². The van der Waals surface area contributed by atoms with Gasteiger partial charge in [-0.1, -0.05) is 12.2 Å². The second-order valence-electron chi connectivity index (χ2n) is 7.10. The number of allylic oxidation sites excluding steroid dienone is 3. The predicted molar refractivity (Wildman–Crippen MR) is 110 cm³/mol. The van der Waals surface area contributed by atoms with Crippen LogP contribution >= 0.6 is 0 Å². The SMILES string of the molecule is CC1=CC(c2cc(NC(CCN)CCO)c3c(c2)=CCNC=3)=CC(C)N1. The van der Waals surface area contributed by atoms with Crippen molar-refractivity contribution in [2.75, 3.05) is 25.0 Å². The molecule has 0 radical (unpaired) electrons. The summed E-state index contributed by atoms with van der Waals surface area (Å²) in [7, 11) is 0. The fraction of sp³-hybridized carbons (Fsp3) is 0.429. The third kappa shape index (κ3) is 4.29. The van der Waals surface area contributed by atoms with Crippen LogP contribution in [0.3, 0.4) is 0 Å². The van der Waals surface area contributed by atoms with E-state index in [2.05, 4.69) is 66.4 Å². The molecule has 140 valence electrons. The Kier molecular flexibility index (Phi) is 6.01. The molecule has 0 aliphatic carbocycles. The summed E-state index contributed by atoms with van der Waals surface area (Å²) < 4.78 is 0. The molecule has 0 spiro atoms. The summed E-state index contributed by atoms with van der Waals surface area (Å²) in [5, 5.41) is 22.1. The van der Waals surface area contributed by atoms with Crippen LogP contribution in [0.5, 0.6) is 0 Å². The average Bonchev–Trinajstić information content (AvgIpc) is 2.61. The average molecular weight is 354 g/mol. The van der Waals surface area contributed by atoms with Gasteiger partial charge in [-0.15, -0.1) is 0 Å². The molecule has 6 N–H and O–H groups in total. The van der Waals surface area contributed by atoms with Crippen LogP contribution in [0.2, 0.25) is 0 Å². The van der Waals surface area contributed by atoms with E-state index in [9.17, 15) is 5.11 Å². The van der Waals surface area contributed by atoms with Gasteiger partial charge in [0, 0.05) is 48.0 Å². The first-order valence-corrected chi connectivity index (χ1v) is 9.43. The first kappa shape index (κ1) is 18.5. The lowest BCUT2D eigenvalue weighted by molar-refractivity contribution is 0.277. The highest BCUT2D eigenvalue weighted by atomic mass is 16.3. The topological polar surface area (TPSA) is 82.3 Å². The van der Waals surface area contributed by atoms with Crippen LogP contribution in [0.4, 0.5) is 5.69 Å². The number of rotatable bonds is 7. The zero-order chi connectivity index (χ0) is 18.5. The van der Waals surface area contributed by atoms with E-state index in [4.69, 9.17) is 5.73 Å². The van der Waals surface area contributed by atoms with Crippen LogP contribution in [0.1, 0.15) is 32.3 Å². The summed E-state index contributed by atoms with van der Waals surface area (Å²) in [6.45, 7) is 5.86. The van der Waals surface area contributed by atoms with Crippen molar-refractivity contribution in [2.24, 2.45) is 5.73 Å². The number of anilines is 1. The van der Waals surface area contributed by atoms with Crippen molar-refractivity contribution < 1.29 is 5.11 Å². The van der Waals surface area contributed by atoms with E-state index in [1.165, 1.54) is 27.3 Å². The number of dihydropyridines is 1. The van der Waals surface area contributed by atoms with Gasteiger partial charge in [0.2, 0.25) is 0 Å². The molecule has 1 aromatic rings. The number of fused-ring (bicyclic) bond motifs is 1. The van der Waals surface area contributed by atoms with Crippen LogP contribution in [-0.2, 0) is 0 Å². The van der Waals surface area contributed by atoms with Gasteiger partial charge in [-0.05, 0) is 67.8 Å². The minimum absolute atomic E-state index is 0.157. The third-order valence-corrected chi connectivity index (χ3v) is 4.84. The van der Waals surface area contributed by atoms with E-state index in [0.717, 1.165) is 18.7 Å². The van der Waals surface area contributed by atoms with E-state index in [0.29, 0.717) is 19.0 Å². The molecule has 2 unspecified atom stereocenters. The Bertz CT molecular complexity index is 819. The van der Waals surface area contributed by atoms with Crippen molar-refractivity contribution in [3.8, 4) is 0 Å². The van der Waals surface area contributed by atoms with Gasteiger partial charge in [0.15, 0.2) is 0 Å². The molecular weight excluding hydrogens is 324 g/mol. The number of aliphatic hydroxyl groups is 1. The standard InChI is InChI=1S/C21H30N4O/c1-14-9-17(10-15(2)24-14)18-11-16-4-7-23-13-20(16)21(12-18)25-19(3-6-22)5-8-26/h4,9-14,19,23-26H,3,5-8,22H2,1-2H3. The van der Waals surface area contributed by atoms with Crippen molar-refractivity contribution in [2.45, 2.75) is 38.8 Å². The maximum atomic E-state index is 9.37. The molecule has 2 aliphatic heterocycles. The van der Waals surface area contributed by atoms with Gasteiger partial charge in [-0.2, -0.15) is 0 Å². The molecule has 0 fully saturated rings. The molecule has 0 aromatic heterocycles. The van der Waals surface area contributed by atoms with Crippen molar-refractivity contribution >= 4 is 23.5 Å². The van der Waals surface area contributed by atoms with E-state index < -0.39 is 0 Å². The molecule has 0 saturated heterocycles. The maximum Gasteiger partial charge on any atom is 0.0450 e. The molecule has 2 atom stereocenters. The highest BCUT2D eigenvalue weighted by molar-refractivity contribution is 5.78. The molecule has 3 rings (SSSR count). The summed E-state index contributed by atoms with van der Waals surface area (Å²) in [6.07, 6.45) is 10.3. The van der Waals surface area contributed by atoms with E-state index in [-0.39, 0.29) is 12.6 Å². The highest BCUT2D eigenvalue weighted by Gasteiger charge is 2.14. The van der Waals surface area contributed by atoms with Crippen LogP contribution in [0.15, 0.2) is 30.0 Å². The Morgan fingerprint density at radius 2 is 2.19 bits per heavy atom.